The number of carbonyl (C=O) groups is 1. The number of hydrogen-bond donors (Lipinski definition) is 0. The van der Waals surface area contributed by atoms with Crippen molar-refractivity contribution in [1.29, 1.82) is 0 Å². The van der Waals surface area contributed by atoms with Crippen LogP contribution < -0.4 is 4.90 Å². The second-order valence-corrected chi connectivity index (χ2v) is 7.02. The summed E-state index contributed by atoms with van der Waals surface area (Å²) < 4.78 is 32.5. The smallest absolute Gasteiger partial charge is 0.227 e. The van der Waals surface area contributed by atoms with E-state index >= 15 is 0 Å². The van der Waals surface area contributed by atoms with Crippen molar-refractivity contribution in [3.8, 4) is 11.3 Å². The van der Waals surface area contributed by atoms with Crippen molar-refractivity contribution in [2.45, 2.75) is 38.6 Å². The summed E-state index contributed by atoms with van der Waals surface area (Å²) in [5.41, 5.74) is 2.29. The summed E-state index contributed by atoms with van der Waals surface area (Å²) in [5.74, 6) is -0.783. The monoisotopic (exact) mass is 382 g/mol. The highest BCUT2D eigenvalue weighted by molar-refractivity contribution is 5.95. The maximum atomic E-state index is 13.9. The van der Waals surface area contributed by atoms with Gasteiger partial charge in [0.2, 0.25) is 5.91 Å². The van der Waals surface area contributed by atoms with Gasteiger partial charge in [0, 0.05) is 30.6 Å². The second-order valence-electron chi connectivity index (χ2n) is 7.02. The Labute approximate surface area is 161 Å². The highest BCUT2D eigenvalue weighted by Crippen LogP contribution is 2.31. The van der Waals surface area contributed by atoms with Crippen molar-refractivity contribution in [2.24, 2.45) is 0 Å². The third-order valence-electron chi connectivity index (χ3n) is 5.09. The number of fused-ring (bicyclic) bond motifs is 1. The number of halogens is 2. The number of aryl methyl sites for hydroxylation is 2. The molecule has 4 rings (SSSR count). The summed E-state index contributed by atoms with van der Waals surface area (Å²) in [5, 5.41) is 0. The molecule has 0 aliphatic carbocycles. The highest BCUT2D eigenvalue weighted by Gasteiger charge is 2.27. The maximum Gasteiger partial charge on any atom is 0.227 e. The van der Waals surface area contributed by atoms with E-state index in [-0.39, 0.29) is 29.7 Å². The van der Waals surface area contributed by atoms with Crippen LogP contribution in [-0.2, 0) is 17.6 Å². The van der Waals surface area contributed by atoms with E-state index < -0.39 is 11.6 Å². The van der Waals surface area contributed by atoms with Crippen LogP contribution in [-0.4, -0.2) is 16.9 Å². The van der Waals surface area contributed by atoms with E-state index in [0.717, 1.165) is 24.6 Å². The Morgan fingerprint density at radius 2 is 2.07 bits per heavy atom. The Bertz CT molecular complexity index is 1020. The molecule has 6 heteroatoms. The minimum atomic E-state index is -0.711. The van der Waals surface area contributed by atoms with Crippen molar-refractivity contribution in [2.75, 3.05) is 4.90 Å². The molecule has 1 amide bonds. The molecule has 28 heavy (non-hydrogen) atoms. The van der Waals surface area contributed by atoms with Gasteiger partial charge in [0.15, 0.2) is 11.7 Å². The first-order valence-corrected chi connectivity index (χ1v) is 9.33. The lowest BCUT2D eigenvalue weighted by atomic mass is 9.96. The van der Waals surface area contributed by atoms with Crippen molar-refractivity contribution < 1.29 is 18.0 Å². The molecule has 1 unspecified atom stereocenters. The lowest BCUT2D eigenvalue weighted by molar-refractivity contribution is -0.119. The van der Waals surface area contributed by atoms with E-state index in [9.17, 15) is 13.6 Å². The molecule has 0 N–H and O–H groups in total. The van der Waals surface area contributed by atoms with E-state index in [1.165, 1.54) is 23.9 Å². The quantitative estimate of drug-likeness (QED) is 0.643. The molecule has 1 aromatic heterocycles. The van der Waals surface area contributed by atoms with Crippen LogP contribution in [0.2, 0.25) is 0 Å². The first-order valence-electron chi connectivity index (χ1n) is 9.33. The van der Waals surface area contributed by atoms with Crippen LogP contribution in [0.5, 0.6) is 0 Å². The minimum Gasteiger partial charge on any atom is -0.441 e. The molecular formula is C22H20F2N2O2. The van der Waals surface area contributed by atoms with Crippen LogP contribution in [0, 0.1) is 11.6 Å². The fraction of sp³-hybridized carbons (Fsp3) is 0.273. The van der Waals surface area contributed by atoms with Gasteiger partial charge in [0.25, 0.3) is 0 Å². The fourth-order valence-corrected chi connectivity index (χ4v) is 3.64. The molecule has 1 atom stereocenters. The van der Waals surface area contributed by atoms with Crippen molar-refractivity contribution in [3.63, 3.8) is 0 Å². The Morgan fingerprint density at radius 1 is 1.25 bits per heavy atom. The van der Waals surface area contributed by atoms with Gasteiger partial charge in [0.1, 0.15) is 11.6 Å². The molecule has 0 bridgehead atoms. The van der Waals surface area contributed by atoms with Crippen LogP contribution in [0.3, 0.4) is 0 Å². The van der Waals surface area contributed by atoms with Crippen LogP contribution in [0.4, 0.5) is 14.5 Å². The summed E-state index contributed by atoms with van der Waals surface area (Å²) in [6.07, 6.45) is 3.84. The molecule has 144 valence electrons. The predicted molar refractivity (Wildman–Crippen MR) is 102 cm³/mol. The molecule has 0 radical (unpaired) electrons. The van der Waals surface area contributed by atoms with Crippen molar-refractivity contribution in [3.05, 3.63) is 71.8 Å². The molecule has 1 aliphatic rings. The lowest BCUT2D eigenvalue weighted by Crippen LogP contribution is -2.42. The average Bonchev–Trinajstić information content (AvgIpc) is 3.14. The number of aromatic nitrogens is 1. The number of benzene rings is 2. The Hall–Kier alpha value is -3.02. The van der Waals surface area contributed by atoms with Gasteiger partial charge in [-0.05, 0) is 43.5 Å². The van der Waals surface area contributed by atoms with Gasteiger partial charge in [0.05, 0.1) is 11.8 Å². The second kappa shape index (κ2) is 7.54. The Kier molecular flexibility index (Phi) is 4.94. The number of rotatable bonds is 4. The average molecular weight is 382 g/mol. The summed E-state index contributed by atoms with van der Waals surface area (Å²) >= 11 is 0. The number of para-hydroxylation sites is 1. The van der Waals surface area contributed by atoms with E-state index in [1.54, 1.807) is 0 Å². The zero-order chi connectivity index (χ0) is 19.7. The number of hydrogen-bond acceptors (Lipinski definition) is 3. The molecule has 0 saturated carbocycles. The van der Waals surface area contributed by atoms with Crippen LogP contribution in [0.1, 0.15) is 31.2 Å². The topological polar surface area (TPSA) is 46.3 Å². The number of anilines is 1. The molecule has 2 aromatic carbocycles. The van der Waals surface area contributed by atoms with Crippen LogP contribution in [0.15, 0.2) is 53.1 Å². The van der Waals surface area contributed by atoms with Crippen LogP contribution >= 0.6 is 0 Å². The van der Waals surface area contributed by atoms with E-state index in [1.807, 2.05) is 30.0 Å². The van der Waals surface area contributed by atoms with Gasteiger partial charge < -0.3 is 9.32 Å². The Balaban J connectivity index is 1.47. The third-order valence-corrected chi connectivity index (χ3v) is 5.09. The SMILES string of the molecule is CC1CCc2ccccc2N1C(=O)CCc1ncc(-c2ccc(F)cc2F)o1. The van der Waals surface area contributed by atoms with Crippen LogP contribution in [0.25, 0.3) is 11.3 Å². The standard InChI is InChI=1S/C22H20F2N2O2/c1-14-6-7-15-4-2-3-5-19(15)26(14)22(27)11-10-21-25-13-20(28-21)17-9-8-16(23)12-18(17)24/h2-5,8-9,12-14H,6-7,10-11H2,1H3. The van der Waals surface area contributed by atoms with Crippen molar-refractivity contribution in [1.82, 2.24) is 4.98 Å². The van der Waals surface area contributed by atoms with E-state index in [4.69, 9.17) is 4.42 Å². The van der Waals surface area contributed by atoms with E-state index in [2.05, 4.69) is 11.1 Å². The van der Waals surface area contributed by atoms with Gasteiger partial charge >= 0.3 is 0 Å². The molecule has 2 heterocycles. The molecule has 0 spiro atoms. The largest absolute Gasteiger partial charge is 0.441 e. The lowest BCUT2D eigenvalue weighted by Gasteiger charge is -2.35. The third kappa shape index (κ3) is 3.54. The summed E-state index contributed by atoms with van der Waals surface area (Å²) in [6.45, 7) is 2.05. The van der Waals surface area contributed by atoms with E-state index in [0.29, 0.717) is 12.3 Å². The molecule has 1 aliphatic heterocycles. The predicted octanol–water partition coefficient (Wildman–Crippen LogP) is 4.92. The number of amides is 1. The highest BCUT2D eigenvalue weighted by atomic mass is 19.1. The summed E-state index contributed by atoms with van der Waals surface area (Å²) in [4.78, 5) is 18.9. The van der Waals surface area contributed by atoms with Crippen molar-refractivity contribution >= 4 is 11.6 Å². The first kappa shape index (κ1) is 18.3. The zero-order valence-corrected chi connectivity index (χ0v) is 15.5. The molecular weight excluding hydrogens is 362 g/mol. The molecule has 3 aromatic rings. The number of oxazole rings is 1. The molecule has 0 fully saturated rings. The normalized spacial score (nSPS) is 16.1. The summed E-state index contributed by atoms with van der Waals surface area (Å²) in [6, 6.07) is 11.4. The summed E-state index contributed by atoms with van der Waals surface area (Å²) in [7, 11) is 0. The maximum absolute atomic E-state index is 13.9. The van der Waals surface area contributed by atoms with Gasteiger partial charge in [-0.1, -0.05) is 18.2 Å². The van der Waals surface area contributed by atoms with Gasteiger partial charge in [-0.25, -0.2) is 13.8 Å². The molecule has 0 saturated heterocycles. The van der Waals surface area contributed by atoms with Gasteiger partial charge in [-0.15, -0.1) is 0 Å². The fourth-order valence-electron chi connectivity index (χ4n) is 3.64. The zero-order valence-electron chi connectivity index (χ0n) is 15.5. The number of nitrogens with zero attached hydrogens (tertiary/aromatic N) is 2. The number of carbonyl (C=O) groups excluding carboxylic acids is 1. The van der Waals surface area contributed by atoms with Gasteiger partial charge in [-0.2, -0.15) is 0 Å². The molecule has 4 nitrogen and oxygen atoms in total. The van der Waals surface area contributed by atoms with Gasteiger partial charge in [-0.3, -0.25) is 4.79 Å². The Morgan fingerprint density at radius 3 is 2.89 bits per heavy atom. The minimum absolute atomic E-state index is 0.00682. The first-order chi connectivity index (χ1) is 13.5.